The molecule has 0 fully saturated rings. The molecule has 1 amide bonds. The van der Waals surface area contributed by atoms with Crippen LogP contribution in [0.1, 0.15) is 15.2 Å². The predicted molar refractivity (Wildman–Crippen MR) is 97.4 cm³/mol. The average molecular weight is 379 g/mol. The summed E-state index contributed by atoms with van der Waals surface area (Å²) in [6.45, 7) is 0.340. The fourth-order valence-electron chi connectivity index (χ4n) is 2.09. The molecule has 0 saturated heterocycles. The number of amides is 1. The molecule has 0 radical (unpaired) electrons. The molecule has 3 rings (SSSR count). The zero-order chi connectivity index (χ0) is 17.1. The number of nitrogens with one attached hydrogen (secondary N) is 1. The molecule has 8 heteroatoms. The van der Waals surface area contributed by atoms with E-state index in [9.17, 15) is 4.79 Å². The van der Waals surface area contributed by atoms with Crippen LogP contribution in [0.15, 0.2) is 42.6 Å². The summed E-state index contributed by atoms with van der Waals surface area (Å²) in [4.78, 5) is 21.7. The molecule has 0 saturated carbocycles. The van der Waals surface area contributed by atoms with Gasteiger partial charge in [-0.15, -0.1) is 11.3 Å². The Labute approximate surface area is 152 Å². The summed E-state index contributed by atoms with van der Waals surface area (Å²) in [6.07, 6.45) is 1.58. The number of carbonyl (C=O) groups is 1. The molecule has 1 aromatic carbocycles. The number of thiophene rings is 1. The van der Waals surface area contributed by atoms with Crippen molar-refractivity contribution >= 4 is 46.4 Å². The van der Waals surface area contributed by atoms with Crippen LogP contribution in [0.25, 0.3) is 10.6 Å². The lowest BCUT2D eigenvalue weighted by atomic mass is 10.2. The van der Waals surface area contributed by atoms with Gasteiger partial charge in [0.15, 0.2) is 0 Å². The van der Waals surface area contributed by atoms with Crippen LogP contribution in [-0.2, 0) is 6.54 Å². The third-order valence-corrected chi connectivity index (χ3v) is 4.67. The molecule has 0 unspecified atom stereocenters. The Kier molecular flexibility index (Phi) is 4.99. The van der Waals surface area contributed by atoms with Gasteiger partial charge in [0.05, 0.1) is 15.4 Å². The normalized spacial score (nSPS) is 10.6. The van der Waals surface area contributed by atoms with Gasteiger partial charge < -0.3 is 11.1 Å². The van der Waals surface area contributed by atoms with Gasteiger partial charge in [0.1, 0.15) is 0 Å². The van der Waals surface area contributed by atoms with E-state index in [2.05, 4.69) is 15.3 Å². The van der Waals surface area contributed by atoms with Crippen molar-refractivity contribution in [2.45, 2.75) is 6.54 Å². The Morgan fingerprint density at radius 2 is 1.92 bits per heavy atom. The first-order chi connectivity index (χ1) is 11.5. The number of nitrogen functional groups attached to an aromatic ring is 1. The second-order valence-corrected chi connectivity index (χ2v) is 6.88. The highest BCUT2D eigenvalue weighted by atomic mass is 35.5. The van der Waals surface area contributed by atoms with Crippen LogP contribution in [0.5, 0.6) is 0 Å². The maximum absolute atomic E-state index is 12.3. The van der Waals surface area contributed by atoms with Gasteiger partial charge >= 0.3 is 0 Å². The lowest BCUT2D eigenvalue weighted by molar-refractivity contribution is 0.0955. The molecule has 0 spiro atoms. The summed E-state index contributed by atoms with van der Waals surface area (Å²) < 4.78 is 0. The van der Waals surface area contributed by atoms with Crippen molar-refractivity contribution in [2.75, 3.05) is 5.73 Å². The molecule has 0 aliphatic heterocycles. The van der Waals surface area contributed by atoms with Crippen molar-refractivity contribution in [3.63, 3.8) is 0 Å². The Balaban J connectivity index is 1.70. The average Bonchev–Trinajstić information content (AvgIpc) is 3.02. The Bertz CT molecular complexity index is 877. The topological polar surface area (TPSA) is 80.9 Å². The second kappa shape index (κ2) is 7.17. The van der Waals surface area contributed by atoms with E-state index in [4.69, 9.17) is 28.9 Å². The van der Waals surface area contributed by atoms with Gasteiger partial charge in [0, 0.05) is 22.8 Å². The molecular weight excluding hydrogens is 367 g/mol. The highest BCUT2D eigenvalue weighted by Gasteiger charge is 2.11. The standard InChI is InChI=1S/C16H12Cl2N4OS/c17-10-5-9(6-11(18)7-10)8-21-15(23)14-2-1-13(24-14)12-3-4-20-16(19)22-12/h1-7H,8H2,(H,21,23)(H2,19,20,22). The Morgan fingerprint density at radius 3 is 2.62 bits per heavy atom. The minimum Gasteiger partial charge on any atom is -0.368 e. The van der Waals surface area contributed by atoms with Crippen molar-refractivity contribution in [1.29, 1.82) is 0 Å². The van der Waals surface area contributed by atoms with Gasteiger partial charge in [0.25, 0.3) is 5.91 Å². The van der Waals surface area contributed by atoms with E-state index in [-0.39, 0.29) is 11.9 Å². The molecule has 24 heavy (non-hydrogen) atoms. The first-order valence-corrected chi connectivity index (χ1v) is 8.50. The number of halogens is 2. The van der Waals surface area contributed by atoms with E-state index in [1.54, 1.807) is 36.5 Å². The summed E-state index contributed by atoms with van der Waals surface area (Å²) in [5.74, 6) is 0.0223. The summed E-state index contributed by atoms with van der Waals surface area (Å²) >= 11 is 13.2. The fraction of sp³-hybridized carbons (Fsp3) is 0.0625. The molecule has 3 N–H and O–H groups in total. The smallest absolute Gasteiger partial charge is 0.261 e. The number of hydrogen-bond donors (Lipinski definition) is 2. The lowest BCUT2D eigenvalue weighted by Crippen LogP contribution is -2.21. The van der Waals surface area contributed by atoms with Gasteiger partial charge in [-0.1, -0.05) is 23.2 Å². The number of benzene rings is 1. The van der Waals surface area contributed by atoms with E-state index in [0.717, 1.165) is 10.4 Å². The minimum absolute atomic E-state index is 0.177. The number of nitrogens with two attached hydrogens (primary N) is 1. The molecule has 0 atom stereocenters. The number of rotatable bonds is 4. The van der Waals surface area contributed by atoms with Crippen molar-refractivity contribution in [2.24, 2.45) is 0 Å². The number of carbonyl (C=O) groups excluding carboxylic acids is 1. The van der Waals surface area contributed by atoms with Crippen LogP contribution in [0.4, 0.5) is 5.95 Å². The van der Waals surface area contributed by atoms with Crippen LogP contribution in [0, 0.1) is 0 Å². The minimum atomic E-state index is -0.177. The van der Waals surface area contributed by atoms with Crippen LogP contribution in [0.3, 0.4) is 0 Å². The van der Waals surface area contributed by atoms with Crippen molar-refractivity contribution in [3.05, 3.63) is 63.1 Å². The van der Waals surface area contributed by atoms with Gasteiger partial charge in [-0.05, 0) is 42.0 Å². The van der Waals surface area contributed by atoms with Gasteiger partial charge in [-0.3, -0.25) is 4.79 Å². The summed E-state index contributed by atoms with van der Waals surface area (Å²) in [5, 5.41) is 3.91. The highest BCUT2D eigenvalue weighted by Crippen LogP contribution is 2.27. The lowest BCUT2D eigenvalue weighted by Gasteiger charge is -2.05. The van der Waals surface area contributed by atoms with Crippen molar-refractivity contribution in [3.8, 4) is 10.6 Å². The highest BCUT2D eigenvalue weighted by molar-refractivity contribution is 7.17. The van der Waals surface area contributed by atoms with Crippen LogP contribution in [-0.4, -0.2) is 15.9 Å². The van der Waals surface area contributed by atoms with E-state index in [1.165, 1.54) is 11.3 Å². The first-order valence-electron chi connectivity index (χ1n) is 6.93. The summed E-state index contributed by atoms with van der Waals surface area (Å²) in [5.41, 5.74) is 7.10. The number of anilines is 1. The number of aromatic nitrogens is 2. The predicted octanol–water partition coefficient (Wildman–Crippen LogP) is 4.02. The molecule has 2 heterocycles. The maximum atomic E-state index is 12.3. The SMILES string of the molecule is Nc1nccc(-c2ccc(C(=O)NCc3cc(Cl)cc(Cl)c3)s2)n1. The van der Waals surface area contributed by atoms with Gasteiger partial charge in [-0.25, -0.2) is 9.97 Å². The van der Waals surface area contributed by atoms with E-state index in [1.807, 2.05) is 6.07 Å². The maximum Gasteiger partial charge on any atom is 0.261 e. The molecule has 122 valence electrons. The van der Waals surface area contributed by atoms with Crippen LogP contribution < -0.4 is 11.1 Å². The largest absolute Gasteiger partial charge is 0.368 e. The van der Waals surface area contributed by atoms with Gasteiger partial charge in [-0.2, -0.15) is 0 Å². The van der Waals surface area contributed by atoms with Crippen LogP contribution >= 0.6 is 34.5 Å². The van der Waals surface area contributed by atoms with Crippen molar-refractivity contribution < 1.29 is 4.79 Å². The van der Waals surface area contributed by atoms with E-state index < -0.39 is 0 Å². The molecule has 3 aromatic rings. The fourth-order valence-corrected chi connectivity index (χ4v) is 3.55. The monoisotopic (exact) mass is 378 g/mol. The molecular formula is C16H12Cl2N4OS. The van der Waals surface area contributed by atoms with E-state index >= 15 is 0 Å². The Morgan fingerprint density at radius 1 is 1.17 bits per heavy atom. The molecule has 2 aromatic heterocycles. The third-order valence-electron chi connectivity index (χ3n) is 3.13. The third kappa shape index (κ3) is 4.03. The zero-order valence-electron chi connectivity index (χ0n) is 12.3. The van der Waals surface area contributed by atoms with Crippen molar-refractivity contribution in [1.82, 2.24) is 15.3 Å². The molecule has 0 aliphatic carbocycles. The molecule has 0 bridgehead atoms. The number of hydrogen-bond acceptors (Lipinski definition) is 5. The zero-order valence-corrected chi connectivity index (χ0v) is 14.6. The summed E-state index contributed by atoms with van der Waals surface area (Å²) in [6, 6.07) is 10.5. The quantitative estimate of drug-likeness (QED) is 0.717. The first kappa shape index (κ1) is 16.7. The summed E-state index contributed by atoms with van der Waals surface area (Å²) in [7, 11) is 0. The molecule has 0 aliphatic rings. The Hall–Kier alpha value is -2.15. The second-order valence-electron chi connectivity index (χ2n) is 4.92. The van der Waals surface area contributed by atoms with E-state index in [0.29, 0.717) is 27.2 Å². The van der Waals surface area contributed by atoms with Crippen LogP contribution in [0.2, 0.25) is 10.0 Å². The van der Waals surface area contributed by atoms with Gasteiger partial charge in [0.2, 0.25) is 5.95 Å². The molecule has 5 nitrogen and oxygen atoms in total. The number of nitrogens with zero attached hydrogens (tertiary/aromatic N) is 2.